The molecule has 1 aromatic carbocycles. The first kappa shape index (κ1) is 15.6. The van der Waals surface area contributed by atoms with Gasteiger partial charge in [0.15, 0.2) is 0 Å². The van der Waals surface area contributed by atoms with Crippen LogP contribution in [0.15, 0.2) is 24.4 Å². The van der Waals surface area contributed by atoms with Crippen LogP contribution in [-0.4, -0.2) is 16.3 Å². The van der Waals surface area contributed by atoms with Crippen molar-refractivity contribution in [1.29, 1.82) is 0 Å². The molecule has 0 fully saturated rings. The van der Waals surface area contributed by atoms with Crippen LogP contribution in [0.25, 0.3) is 5.69 Å². The van der Waals surface area contributed by atoms with Gasteiger partial charge in [0.1, 0.15) is 5.69 Å². The third-order valence-electron chi connectivity index (χ3n) is 2.71. The number of hydrogen-bond acceptors (Lipinski definition) is 2. The Bertz CT molecular complexity index is 570. The molecule has 20 heavy (non-hydrogen) atoms. The van der Waals surface area contributed by atoms with Crippen LogP contribution in [0.5, 0.6) is 0 Å². The maximum absolute atomic E-state index is 6.18. The van der Waals surface area contributed by atoms with Crippen molar-refractivity contribution >= 4 is 34.8 Å². The first-order chi connectivity index (χ1) is 9.47. The topological polar surface area (TPSA) is 29.9 Å². The molecule has 6 heteroatoms. The summed E-state index contributed by atoms with van der Waals surface area (Å²) in [5, 5.41) is 9.28. The fraction of sp³-hybridized carbons (Fsp3) is 0.357. The zero-order valence-corrected chi connectivity index (χ0v) is 13.6. The molecule has 0 unspecified atom stereocenters. The molecule has 1 heterocycles. The van der Waals surface area contributed by atoms with E-state index >= 15 is 0 Å². The molecule has 108 valence electrons. The Morgan fingerprint density at radius 1 is 1.20 bits per heavy atom. The summed E-state index contributed by atoms with van der Waals surface area (Å²) in [5.41, 5.74) is 1.58. The van der Waals surface area contributed by atoms with Gasteiger partial charge in [0.25, 0.3) is 0 Å². The smallest absolute Gasteiger partial charge is 0.102 e. The third kappa shape index (κ3) is 3.89. The lowest BCUT2D eigenvalue weighted by Crippen LogP contribution is -2.19. The normalized spacial score (nSPS) is 11.3. The fourth-order valence-electron chi connectivity index (χ4n) is 1.82. The monoisotopic (exact) mass is 331 g/mol. The van der Waals surface area contributed by atoms with Crippen molar-refractivity contribution in [2.75, 3.05) is 6.54 Å². The van der Waals surface area contributed by atoms with Crippen molar-refractivity contribution in [3.8, 4) is 5.69 Å². The minimum absolute atomic E-state index is 0.479. The summed E-state index contributed by atoms with van der Waals surface area (Å²) in [4.78, 5) is 0. The molecule has 0 spiro atoms. The third-order valence-corrected chi connectivity index (χ3v) is 3.51. The molecule has 0 atom stereocenters. The predicted octanol–water partition coefficient (Wildman–Crippen LogP) is 4.58. The minimum Gasteiger partial charge on any atom is -0.311 e. The highest BCUT2D eigenvalue weighted by Gasteiger charge is 2.11. The number of rotatable bonds is 5. The first-order valence-electron chi connectivity index (χ1n) is 6.37. The minimum atomic E-state index is 0.479. The van der Waals surface area contributed by atoms with E-state index in [-0.39, 0.29) is 0 Å². The second-order valence-corrected chi connectivity index (χ2v) is 6.25. The predicted molar refractivity (Wildman–Crippen MR) is 85.1 cm³/mol. The molecule has 0 aliphatic heterocycles. The summed E-state index contributed by atoms with van der Waals surface area (Å²) in [6.07, 6.45) is 1.84. The number of nitrogens with one attached hydrogen (secondary N) is 1. The van der Waals surface area contributed by atoms with Crippen LogP contribution in [-0.2, 0) is 6.54 Å². The first-order valence-corrected chi connectivity index (χ1v) is 7.51. The van der Waals surface area contributed by atoms with Crippen LogP contribution in [0.1, 0.15) is 19.5 Å². The summed E-state index contributed by atoms with van der Waals surface area (Å²) in [5.74, 6) is 0.609. The molecular weight excluding hydrogens is 317 g/mol. The molecule has 1 N–H and O–H groups in total. The quantitative estimate of drug-likeness (QED) is 0.868. The summed E-state index contributed by atoms with van der Waals surface area (Å²) >= 11 is 18.3. The Morgan fingerprint density at radius 2 is 1.85 bits per heavy atom. The van der Waals surface area contributed by atoms with Crippen LogP contribution < -0.4 is 5.32 Å². The van der Waals surface area contributed by atoms with E-state index in [0.29, 0.717) is 33.2 Å². The molecule has 2 rings (SSSR count). The average molecular weight is 333 g/mol. The van der Waals surface area contributed by atoms with E-state index in [4.69, 9.17) is 34.8 Å². The lowest BCUT2D eigenvalue weighted by atomic mass is 10.2. The number of halogens is 3. The Balaban J connectivity index is 2.17. The van der Waals surface area contributed by atoms with Crippen molar-refractivity contribution in [3.63, 3.8) is 0 Å². The molecule has 0 saturated heterocycles. The lowest BCUT2D eigenvalue weighted by molar-refractivity contribution is 0.546. The molecule has 0 radical (unpaired) electrons. The Labute approximate surface area is 133 Å². The van der Waals surface area contributed by atoms with E-state index in [0.717, 1.165) is 12.2 Å². The van der Waals surface area contributed by atoms with Gasteiger partial charge in [-0.1, -0.05) is 48.7 Å². The van der Waals surface area contributed by atoms with Crippen LogP contribution in [0.3, 0.4) is 0 Å². The van der Waals surface area contributed by atoms with Crippen molar-refractivity contribution in [2.45, 2.75) is 20.4 Å². The van der Waals surface area contributed by atoms with Crippen LogP contribution in [0.4, 0.5) is 0 Å². The highest BCUT2D eigenvalue weighted by Crippen LogP contribution is 2.31. The summed E-state index contributed by atoms with van der Waals surface area (Å²) in [6, 6.07) is 5.25. The largest absolute Gasteiger partial charge is 0.311 e. The Hall–Kier alpha value is -0.740. The van der Waals surface area contributed by atoms with Gasteiger partial charge < -0.3 is 5.32 Å². The maximum Gasteiger partial charge on any atom is 0.102 e. The van der Waals surface area contributed by atoms with Gasteiger partial charge in [-0.15, -0.1) is 0 Å². The molecule has 0 bridgehead atoms. The SMILES string of the molecule is CC(C)CNCc1ccn(-c2c(Cl)cc(Cl)cc2Cl)n1. The molecule has 1 aromatic heterocycles. The van der Waals surface area contributed by atoms with E-state index in [2.05, 4.69) is 24.3 Å². The fourth-order valence-corrected chi connectivity index (χ4v) is 2.81. The zero-order chi connectivity index (χ0) is 14.7. The van der Waals surface area contributed by atoms with E-state index in [1.807, 2.05) is 12.3 Å². The summed E-state index contributed by atoms with van der Waals surface area (Å²) < 4.78 is 1.67. The second kappa shape index (κ2) is 6.81. The number of hydrogen-bond donors (Lipinski definition) is 1. The van der Waals surface area contributed by atoms with Crippen LogP contribution >= 0.6 is 34.8 Å². The van der Waals surface area contributed by atoms with Crippen molar-refractivity contribution in [3.05, 3.63) is 45.2 Å². The van der Waals surface area contributed by atoms with Crippen molar-refractivity contribution < 1.29 is 0 Å². The standard InChI is InChI=1S/C14H16Cl3N3/c1-9(2)7-18-8-11-3-4-20(19-11)14-12(16)5-10(15)6-13(14)17/h3-6,9,18H,7-8H2,1-2H3. The van der Waals surface area contributed by atoms with Gasteiger partial charge in [0.2, 0.25) is 0 Å². The summed E-state index contributed by atoms with van der Waals surface area (Å²) in [6.45, 7) is 6.00. The Morgan fingerprint density at radius 3 is 2.45 bits per heavy atom. The molecule has 0 saturated carbocycles. The second-order valence-electron chi connectivity index (χ2n) is 4.99. The van der Waals surface area contributed by atoms with Gasteiger partial charge in [-0.3, -0.25) is 0 Å². The molecule has 2 aromatic rings. The van der Waals surface area contributed by atoms with E-state index in [9.17, 15) is 0 Å². The number of benzene rings is 1. The van der Waals surface area contributed by atoms with Crippen LogP contribution in [0.2, 0.25) is 15.1 Å². The lowest BCUT2D eigenvalue weighted by Gasteiger charge is -2.08. The van der Waals surface area contributed by atoms with Gasteiger partial charge in [0, 0.05) is 17.8 Å². The van der Waals surface area contributed by atoms with Gasteiger partial charge in [0.05, 0.1) is 15.7 Å². The van der Waals surface area contributed by atoms with E-state index < -0.39 is 0 Å². The number of aromatic nitrogens is 2. The highest BCUT2D eigenvalue weighted by atomic mass is 35.5. The van der Waals surface area contributed by atoms with Gasteiger partial charge in [-0.25, -0.2) is 4.68 Å². The van der Waals surface area contributed by atoms with Crippen molar-refractivity contribution in [1.82, 2.24) is 15.1 Å². The molecule has 0 amide bonds. The average Bonchev–Trinajstić information content (AvgIpc) is 2.75. The zero-order valence-electron chi connectivity index (χ0n) is 11.3. The summed E-state index contributed by atoms with van der Waals surface area (Å²) in [7, 11) is 0. The van der Waals surface area contributed by atoms with E-state index in [1.54, 1.807) is 16.8 Å². The molecule has 0 aliphatic rings. The maximum atomic E-state index is 6.18. The van der Waals surface area contributed by atoms with E-state index in [1.165, 1.54) is 0 Å². The van der Waals surface area contributed by atoms with Gasteiger partial charge >= 0.3 is 0 Å². The van der Waals surface area contributed by atoms with Gasteiger partial charge in [-0.05, 0) is 30.7 Å². The molecule has 0 aliphatic carbocycles. The highest BCUT2D eigenvalue weighted by molar-refractivity contribution is 6.40. The number of nitrogens with zero attached hydrogens (tertiary/aromatic N) is 2. The molecular formula is C14H16Cl3N3. The van der Waals surface area contributed by atoms with Gasteiger partial charge in [-0.2, -0.15) is 5.10 Å². The molecule has 3 nitrogen and oxygen atoms in total. The Kier molecular flexibility index (Phi) is 5.33. The van der Waals surface area contributed by atoms with Crippen LogP contribution in [0, 0.1) is 5.92 Å². The van der Waals surface area contributed by atoms with Crippen molar-refractivity contribution in [2.24, 2.45) is 5.92 Å².